The van der Waals surface area contributed by atoms with Gasteiger partial charge in [-0.05, 0) is 43.7 Å². The second-order valence-corrected chi connectivity index (χ2v) is 6.69. The minimum absolute atomic E-state index is 0.0103. The molecule has 0 radical (unpaired) electrons. The summed E-state index contributed by atoms with van der Waals surface area (Å²) >= 11 is 7.27. The molecule has 1 unspecified atom stereocenters. The first-order valence-corrected chi connectivity index (χ1v) is 8.01. The molecule has 0 bridgehead atoms. The van der Waals surface area contributed by atoms with E-state index >= 15 is 0 Å². The molecule has 2 rings (SSSR count). The fourth-order valence-corrected chi connectivity index (χ4v) is 2.78. The van der Waals surface area contributed by atoms with Crippen LogP contribution >= 0.6 is 23.4 Å². The molecule has 7 heteroatoms. The van der Waals surface area contributed by atoms with Crippen LogP contribution in [-0.4, -0.2) is 16.1 Å². The highest BCUT2D eigenvalue weighted by atomic mass is 35.5. The van der Waals surface area contributed by atoms with Crippen molar-refractivity contribution in [2.45, 2.75) is 24.0 Å². The van der Waals surface area contributed by atoms with Crippen molar-refractivity contribution in [3.05, 3.63) is 63.2 Å². The highest BCUT2D eigenvalue weighted by Crippen LogP contribution is 2.29. The van der Waals surface area contributed by atoms with Crippen molar-refractivity contribution in [1.29, 1.82) is 0 Å². The van der Waals surface area contributed by atoms with Crippen molar-refractivity contribution in [2.75, 3.05) is 0 Å². The quantitative estimate of drug-likeness (QED) is 0.258. The van der Waals surface area contributed by atoms with Gasteiger partial charge in [-0.3, -0.25) is 14.9 Å². The Hall–Kier alpha value is -2.05. The average Bonchev–Trinajstić information content (AvgIpc) is 2.51. The number of hydrogen-bond donors (Lipinski definition) is 0. The van der Waals surface area contributed by atoms with Crippen molar-refractivity contribution in [3.63, 3.8) is 0 Å². The first-order valence-electron chi connectivity index (χ1n) is 6.76. The molecule has 0 aromatic heterocycles. The van der Waals surface area contributed by atoms with Gasteiger partial charge in [0.15, 0.2) is 0 Å². The topological polar surface area (TPSA) is 69.4 Å². The number of benzene rings is 2. The van der Waals surface area contributed by atoms with Gasteiger partial charge in [0.2, 0.25) is 0 Å². The van der Waals surface area contributed by atoms with Crippen molar-refractivity contribution < 1.29 is 14.5 Å². The van der Waals surface area contributed by atoms with Gasteiger partial charge < -0.3 is 4.74 Å². The van der Waals surface area contributed by atoms with E-state index in [0.717, 1.165) is 10.5 Å². The van der Waals surface area contributed by atoms with Crippen LogP contribution < -0.4 is 4.74 Å². The number of halogens is 1. The number of carbonyl (C=O) groups excluding carboxylic acids is 1. The lowest BCUT2D eigenvalue weighted by Crippen LogP contribution is -2.20. The molecule has 2 aromatic carbocycles. The van der Waals surface area contributed by atoms with Gasteiger partial charge in [0, 0.05) is 17.0 Å². The Morgan fingerprint density at radius 3 is 2.52 bits per heavy atom. The molecule has 0 spiro atoms. The van der Waals surface area contributed by atoms with E-state index in [1.165, 1.54) is 23.9 Å². The molecule has 1 atom stereocenters. The second-order valence-electron chi connectivity index (χ2n) is 4.87. The molecule has 0 saturated heterocycles. The molecule has 5 nitrogen and oxygen atoms in total. The lowest BCUT2D eigenvalue weighted by atomic mass is 10.2. The van der Waals surface area contributed by atoms with E-state index in [4.69, 9.17) is 16.3 Å². The van der Waals surface area contributed by atoms with Gasteiger partial charge in [-0.25, -0.2) is 0 Å². The Balaban J connectivity index is 2.02. The molecule has 23 heavy (non-hydrogen) atoms. The molecule has 0 aliphatic rings. The number of nitrogens with zero attached hydrogens (tertiary/aromatic N) is 1. The second kappa shape index (κ2) is 7.48. The van der Waals surface area contributed by atoms with Crippen LogP contribution in [0.3, 0.4) is 0 Å². The third-order valence-electron chi connectivity index (χ3n) is 2.99. The SMILES string of the molecule is Cc1ccc(Cl)c(OC(=O)C(C)Sc2ccc([N+](=O)[O-])cc2)c1. The van der Waals surface area contributed by atoms with Crippen LogP contribution in [-0.2, 0) is 4.79 Å². The summed E-state index contributed by atoms with van der Waals surface area (Å²) in [6.45, 7) is 3.58. The van der Waals surface area contributed by atoms with Crippen molar-refractivity contribution in [3.8, 4) is 5.75 Å². The lowest BCUT2D eigenvalue weighted by molar-refractivity contribution is -0.384. The summed E-state index contributed by atoms with van der Waals surface area (Å²) in [5.41, 5.74) is 0.948. The Labute approximate surface area is 142 Å². The molecule has 2 aromatic rings. The van der Waals surface area contributed by atoms with Crippen LogP contribution in [0, 0.1) is 17.0 Å². The Morgan fingerprint density at radius 1 is 1.26 bits per heavy atom. The van der Waals surface area contributed by atoms with E-state index in [1.807, 2.05) is 13.0 Å². The maximum absolute atomic E-state index is 12.1. The standard InChI is InChI=1S/C16H14ClNO4S/c1-10-3-8-14(17)15(9-10)22-16(19)11(2)23-13-6-4-12(5-7-13)18(20)21/h3-9,11H,1-2H3. The summed E-state index contributed by atoms with van der Waals surface area (Å²) < 4.78 is 5.32. The molecule has 0 aliphatic heterocycles. The number of hydrogen-bond acceptors (Lipinski definition) is 5. The highest BCUT2D eigenvalue weighted by molar-refractivity contribution is 8.00. The van der Waals surface area contributed by atoms with E-state index in [-0.39, 0.29) is 5.69 Å². The van der Waals surface area contributed by atoms with Crippen LogP contribution in [0.25, 0.3) is 0 Å². The summed E-state index contributed by atoms with van der Waals surface area (Å²) in [5, 5.41) is 10.5. The number of nitro benzene ring substituents is 1. The van der Waals surface area contributed by atoms with Crippen LogP contribution in [0.5, 0.6) is 5.75 Å². The smallest absolute Gasteiger partial charge is 0.324 e. The van der Waals surface area contributed by atoms with Crippen molar-refractivity contribution >= 4 is 35.0 Å². The van der Waals surface area contributed by atoms with Gasteiger partial charge >= 0.3 is 5.97 Å². The number of carbonyl (C=O) groups is 1. The first kappa shape index (κ1) is 17.3. The summed E-state index contributed by atoms with van der Waals surface area (Å²) in [5.74, 6) is -0.103. The van der Waals surface area contributed by atoms with Crippen molar-refractivity contribution in [1.82, 2.24) is 0 Å². The molecule has 0 amide bonds. The van der Waals surface area contributed by atoms with Gasteiger partial charge in [-0.2, -0.15) is 0 Å². The Kier molecular flexibility index (Phi) is 5.63. The fraction of sp³-hybridized carbons (Fsp3) is 0.188. The zero-order chi connectivity index (χ0) is 17.0. The maximum Gasteiger partial charge on any atom is 0.324 e. The average molecular weight is 352 g/mol. The fourth-order valence-electron chi connectivity index (χ4n) is 1.78. The molecular formula is C16H14ClNO4S. The number of esters is 1. The predicted molar refractivity (Wildman–Crippen MR) is 90.2 cm³/mol. The van der Waals surface area contributed by atoms with E-state index in [2.05, 4.69) is 0 Å². The minimum Gasteiger partial charge on any atom is -0.424 e. The Bertz CT molecular complexity index is 733. The minimum atomic E-state index is -0.479. The van der Waals surface area contributed by atoms with Crippen LogP contribution in [0.15, 0.2) is 47.4 Å². The number of ether oxygens (including phenoxy) is 1. The molecule has 0 N–H and O–H groups in total. The molecule has 0 fully saturated rings. The van der Waals surface area contributed by atoms with Gasteiger partial charge in [0.05, 0.1) is 9.95 Å². The summed E-state index contributed by atoms with van der Waals surface area (Å²) in [6.07, 6.45) is 0. The maximum atomic E-state index is 12.1. The number of nitro groups is 1. The van der Waals surface area contributed by atoms with E-state index in [1.54, 1.807) is 31.2 Å². The molecular weight excluding hydrogens is 338 g/mol. The zero-order valence-electron chi connectivity index (χ0n) is 12.5. The molecule has 0 heterocycles. The predicted octanol–water partition coefficient (Wildman–Crippen LogP) is 4.64. The molecule has 0 saturated carbocycles. The van der Waals surface area contributed by atoms with Crippen molar-refractivity contribution in [2.24, 2.45) is 0 Å². The molecule has 0 aliphatic carbocycles. The normalized spacial score (nSPS) is 11.8. The summed E-state index contributed by atoms with van der Waals surface area (Å²) in [7, 11) is 0. The van der Waals surface area contributed by atoms with E-state index in [0.29, 0.717) is 10.8 Å². The third kappa shape index (κ3) is 4.71. The van der Waals surface area contributed by atoms with E-state index < -0.39 is 16.1 Å². The lowest BCUT2D eigenvalue weighted by Gasteiger charge is -2.12. The van der Waals surface area contributed by atoms with Crippen LogP contribution in [0.4, 0.5) is 5.69 Å². The first-order chi connectivity index (χ1) is 10.9. The summed E-state index contributed by atoms with van der Waals surface area (Å²) in [6, 6.07) is 11.2. The number of thioether (sulfide) groups is 1. The van der Waals surface area contributed by atoms with Gasteiger partial charge in [-0.15, -0.1) is 11.8 Å². The monoisotopic (exact) mass is 351 g/mol. The Morgan fingerprint density at radius 2 is 1.91 bits per heavy atom. The van der Waals surface area contributed by atoms with E-state index in [9.17, 15) is 14.9 Å². The largest absolute Gasteiger partial charge is 0.424 e. The molecule has 120 valence electrons. The third-order valence-corrected chi connectivity index (χ3v) is 4.39. The number of rotatable bonds is 5. The van der Waals surface area contributed by atoms with Gasteiger partial charge in [0.25, 0.3) is 5.69 Å². The van der Waals surface area contributed by atoms with Crippen LogP contribution in [0.1, 0.15) is 12.5 Å². The number of non-ortho nitro benzene ring substituents is 1. The van der Waals surface area contributed by atoms with Gasteiger partial charge in [-0.1, -0.05) is 17.7 Å². The zero-order valence-corrected chi connectivity index (χ0v) is 14.1. The van der Waals surface area contributed by atoms with Gasteiger partial charge in [0.1, 0.15) is 11.0 Å². The summed E-state index contributed by atoms with van der Waals surface area (Å²) in [4.78, 5) is 23.0. The van der Waals surface area contributed by atoms with Crippen LogP contribution in [0.2, 0.25) is 5.02 Å². The number of aryl methyl sites for hydroxylation is 1. The highest BCUT2D eigenvalue weighted by Gasteiger charge is 2.18.